The van der Waals surface area contributed by atoms with Crippen molar-refractivity contribution in [2.45, 2.75) is 23.8 Å². The average molecular weight is 386 g/mol. The van der Waals surface area contributed by atoms with E-state index in [0.29, 0.717) is 17.3 Å². The summed E-state index contributed by atoms with van der Waals surface area (Å²) in [7, 11) is -7.30. The van der Waals surface area contributed by atoms with Gasteiger partial charge in [-0.3, -0.25) is 0 Å². The molecule has 1 saturated heterocycles. The molecule has 5 nitrogen and oxygen atoms in total. The molecular formula is C11H13BrFNO4S2. The molecule has 1 N–H and O–H groups in total. The monoisotopic (exact) mass is 385 g/mol. The number of rotatable bonds is 3. The highest BCUT2D eigenvalue weighted by Gasteiger charge is 2.29. The molecule has 112 valence electrons. The second-order valence-corrected chi connectivity index (χ2v) is 9.48. The second kappa shape index (κ2) is 5.70. The van der Waals surface area contributed by atoms with E-state index in [4.69, 9.17) is 0 Å². The van der Waals surface area contributed by atoms with Gasteiger partial charge >= 0.3 is 0 Å². The summed E-state index contributed by atoms with van der Waals surface area (Å²) in [6.45, 7) is 0. The van der Waals surface area contributed by atoms with Crippen molar-refractivity contribution in [3.05, 3.63) is 28.5 Å². The lowest BCUT2D eigenvalue weighted by Crippen LogP contribution is -2.43. The molecule has 1 aromatic rings. The maximum Gasteiger partial charge on any atom is 0.243 e. The van der Waals surface area contributed by atoms with Crippen molar-refractivity contribution < 1.29 is 21.2 Å². The van der Waals surface area contributed by atoms with Gasteiger partial charge in [-0.25, -0.2) is 25.9 Å². The Morgan fingerprint density at radius 2 is 2.05 bits per heavy atom. The Bertz CT molecular complexity index is 718. The Morgan fingerprint density at radius 1 is 1.35 bits per heavy atom. The Hall–Kier alpha value is -0.510. The van der Waals surface area contributed by atoms with Crippen LogP contribution in [-0.4, -0.2) is 34.4 Å². The number of hydrogen-bond acceptors (Lipinski definition) is 4. The molecule has 1 atom stereocenters. The first-order valence-electron chi connectivity index (χ1n) is 5.87. The Kier molecular flexibility index (Phi) is 4.53. The first-order chi connectivity index (χ1) is 9.20. The van der Waals surface area contributed by atoms with Gasteiger partial charge in [-0.05, 0) is 31.0 Å². The fourth-order valence-corrected chi connectivity index (χ4v) is 5.50. The fourth-order valence-electron chi connectivity index (χ4n) is 2.09. The molecule has 2 rings (SSSR count). The quantitative estimate of drug-likeness (QED) is 0.853. The number of sulfone groups is 1. The van der Waals surface area contributed by atoms with E-state index in [1.807, 2.05) is 0 Å². The van der Waals surface area contributed by atoms with Crippen molar-refractivity contribution in [2.75, 3.05) is 11.5 Å². The molecule has 0 spiro atoms. The molecule has 1 aliphatic heterocycles. The molecule has 0 bridgehead atoms. The van der Waals surface area contributed by atoms with E-state index < -0.39 is 36.6 Å². The molecule has 1 aromatic carbocycles. The van der Waals surface area contributed by atoms with Gasteiger partial charge in [-0.15, -0.1) is 0 Å². The van der Waals surface area contributed by atoms with Gasteiger partial charge in [0.1, 0.15) is 10.7 Å². The van der Waals surface area contributed by atoms with Gasteiger partial charge in [0.2, 0.25) is 10.0 Å². The SMILES string of the molecule is O=S1(=O)CCCC(NS(=O)(=O)c2ccc(Br)cc2F)C1. The minimum absolute atomic E-state index is 0.0673. The first kappa shape index (κ1) is 15.9. The largest absolute Gasteiger partial charge is 0.243 e. The number of nitrogens with one attached hydrogen (secondary N) is 1. The van der Waals surface area contributed by atoms with E-state index >= 15 is 0 Å². The summed E-state index contributed by atoms with van der Waals surface area (Å²) in [4.78, 5) is -0.483. The third-order valence-corrected chi connectivity index (χ3v) is 6.84. The molecule has 20 heavy (non-hydrogen) atoms. The lowest BCUT2D eigenvalue weighted by molar-refractivity contribution is 0.512. The van der Waals surface area contributed by atoms with E-state index in [9.17, 15) is 21.2 Å². The normalized spacial score (nSPS) is 22.6. The van der Waals surface area contributed by atoms with E-state index in [1.54, 1.807) is 0 Å². The standard InChI is InChI=1S/C11H13BrFNO4S2/c12-8-3-4-11(10(13)6-8)20(17,18)14-9-2-1-5-19(15,16)7-9/h3-4,6,9,14H,1-2,5,7H2. The predicted molar refractivity (Wildman–Crippen MR) is 76.1 cm³/mol. The van der Waals surface area contributed by atoms with Crippen molar-refractivity contribution >= 4 is 35.8 Å². The van der Waals surface area contributed by atoms with Crippen LogP contribution in [0.25, 0.3) is 0 Å². The Balaban J connectivity index is 2.23. The van der Waals surface area contributed by atoms with Crippen molar-refractivity contribution in [2.24, 2.45) is 0 Å². The van der Waals surface area contributed by atoms with Crippen LogP contribution in [0.3, 0.4) is 0 Å². The van der Waals surface area contributed by atoms with Gasteiger partial charge in [0, 0.05) is 10.5 Å². The summed E-state index contributed by atoms with van der Waals surface area (Å²) in [6.07, 6.45) is 0.828. The first-order valence-corrected chi connectivity index (χ1v) is 9.97. The third-order valence-electron chi connectivity index (χ3n) is 2.97. The molecule has 0 aromatic heterocycles. The third kappa shape index (κ3) is 3.78. The molecule has 9 heteroatoms. The van der Waals surface area contributed by atoms with Crippen LogP contribution in [0.15, 0.2) is 27.6 Å². The number of halogens is 2. The van der Waals surface area contributed by atoms with Crippen LogP contribution in [-0.2, 0) is 19.9 Å². The van der Waals surface area contributed by atoms with Crippen LogP contribution < -0.4 is 4.72 Å². The minimum atomic E-state index is -4.07. The van der Waals surface area contributed by atoms with Gasteiger partial charge in [-0.2, -0.15) is 0 Å². The van der Waals surface area contributed by atoms with Crippen molar-refractivity contribution in [1.29, 1.82) is 0 Å². The smallest absolute Gasteiger partial charge is 0.229 e. The number of benzene rings is 1. The predicted octanol–water partition coefficient (Wildman–Crippen LogP) is 1.44. The highest BCUT2D eigenvalue weighted by molar-refractivity contribution is 9.10. The summed E-state index contributed by atoms with van der Waals surface area (Å²) < 4.78 is 63.5. The highest BCUT2D eigenvalue weighted by Crippen LogP contribution is 2.21. The minimum Gasteiger partial charge on any atom is -0.229 e. The Morgan fingerprint density at radius 3 is 2.65 bits per heavy atom. The molecule has 0 radical (unpaired) electrons. The zero-order chi connectivity index (χ0) is 15.0. The Labute approximate surface area is 125 Å². The van der Waals surface area contributed by atoms with Crippen molar-refractivity contribution in [3.63, 3.8) is 0 Å². The van der Waals surface area contributed by atoms with E-state index in [0.717, 1.165) is 12.1 Å². The molecular weight excluding hydrogens is 373 g/mol. The molecule has 1 aliphatic rings. The van der Waals surface area contributed by atoms with Crippen LogP contribution in [0, 0.1) is 5.82 Å². The van der Waals surface area contributed by atoms with Crippen molar-refractivity contribution in [3.8, 4) is 0 Å². The van der Waals surface area contributed by atoms with Gasteiger partial charge in [0.05, 0.1) is 11.5 Å². The lowest BCUT2D eigenvalue weighted by Gasteiger charge is -2.22. The maximum atomic E-state index is 13.7. The molecule has 0 aliphatic carbocycles. The second-order valence-electron chi connectivity index (χ2n) is 4.65. The molecule has 0 saturated carbocycles. The van der Waals surface area contributed by atoms with Crippen LogP contribution >= 0.6 is 15.9 Å². The van der Waals surface area contributed by atoms with Crippen LogP contribution in [0.5, 0.6) is 0 Å². The van der Waals surface area contributed by atoms with E-state index in [1.165, 1.54) is 6.07 Å². The zero-order valence-corrected chi connectivity index (χ0v) is 13.6. The molecule has 0 amide bonds. The average Bonchev–Trinajstić information content (AvgIpc) is 2.25. The van der Waals surface area contributed by atoms with Gasteiger partial charge in [-0.1, -0.05) is 15.9 Å². The highest BCUT2D eigenvalue weighted by atomic mass is 79.9. The lowest BCUT2D eigenvalue weighted by atomic mass is 10.2. The number of hydrogen-bond donors (Lipinski definition) is 1. The summed E-state index contributed by atoms with van der Waals surface area (Å²) in [5, 5.41) is 0. The van der Waals surface area contributed by atoms with Gasteiger partial charge < -0.3 is 0 Å². The van der Waals surface area contributed by atoms with Gasteiger partial charge in [0.15, 0.2) is 9.84 Å². The topological polar surface area (TPSA) is 80.3 Å². The molecule has 1 heterocycles. The van der Waals surface area contributed by atoms with Crippen LogP contribution in [0.2, 0.25) is 0 Å². The summed E-state index contributed by atoms with van der Waals surface area (Å²) in [5.41, 5.74) is 0. The van der Waals surface area contributed by atoms with E-state index in [2.05, 4.69) is 20.7 Å². The zero-order valence-electron chi connectivity index (χ0n) is 10.3. The fraction of sp³-hybridized carbons (Fsp3) is 0.455. The van der Waals surface area contributed by atoms with E-state index in [-0.39, 0.29) is 11.5 Å². The summed E-state index contributed by atoms with van der Waals surface area (Å²) in [5.74, 6) is -1.06. The number of sulfonamides is 1. The molecule has 1 fully saturated rings. The molecule has 1 unspecified atom stereocenters. The maximum absolute atomic E-state index is 13.7. The van der Waals surface area contributed by atoms with Gasteiger partial charge in [0.25, 0.3) is 0 Å². The summed E-state index contributed by atoms with van der Waals surface area (Å²) >= 11 is 3.04. The summed E-state index contributed by atoms with van der Waals surface area (Å²) in [6, 6.07) is 2.89. The van der Waals surface area contributed by atoms with Crippen LogP contribution in [0.1, 0.15) is 12.8 Å². The van der Waals surface area contributed by atoms with Crippen LogP contribution in [0.4, 0.5) is 4.39 Å². The van der Waals surface area contributed by atoms with Crippen molar-refractivity contribution in [1.82, 2.24) is 4.72 Å².